The van der Waals surface area contributed by atoms with Crippen LogP contribution in [0, 0.1) is 0 Å². The summed E-state index contributed by atoms with van der Waals surface area (Å²) in [5.74, 6) is -0.905. The summed E-state index contributed by atoms with van der Waals surface area (Å²) in [7, 11) is 0. The molecule has 0 saturated carbocycles. The predicted molar refractivity (Wildman–Crippen MR) is 76.7 cm³/mol. The molecule has 4 N–H and O–H groups in total. The molecule has 0 saturated heterocycles. The van der Waals surface area contributed by atoms with Crippen LogP contribution in [0.1, 0.15) is 42.3 Å². The highest BCUT2D eigenvalue weighted by atomic mass is 16.4. The number of fused-ring (bicyclic) bond motifs is 1. The van der Waals surface area contributed by atoms with Gasteiger partial charge in [-0.1, -0.05) is 20.8 Å². The molecule has 0 amide bonds. The molecular formula is C15H20N2O2. The van der Waals surface area contributed by atoms with E-state index in [1.165, 1.54) is 0 Å². The Kier molecular flexibility index (Phi) is 3.37. The zero-order chi connectivity index (χ0) is 14.2. The highest BCUT2D eigenvalue weighted by Gasteiger charge is 2.20. The van der Waals surface area contributed by atoms with Gasteiger partial charge in [-0.3, -0.25) is 0 Å². The lowest BCUT2D eigenvalue weighted by Crippen LogP contribution is -2.13. The van der Waals surface area contributed by atoms with E-state index in [1.807, 2.05) is 6.20 Å². The molecule has 4 heteroatoms. The third-order valence-corrected chi connectivity index (χ3v) is 3.39. The number of aromatic nitrogens is 1. The number of carboxylic acid groups (broad SMARTS) is 1. The first-order chi connectivity index (χ1) is 8.84. The van der Waals surface area contributed by atoms with Crippen LogP contribution in [0.3, 0.4) is 0 Å². The van der Waals surface area contributed by atoms with Gasteiger partial charge in [0, 0.05) is 11.6 Å². The summed E-state index contributed by atoms with van der Waals surface area (Å²) in [6.45, 7) is 6.79. The van der Waals surface area contributed by atoms with Gasteiger partial charge in [0.25, 0.3) is 0 Å². The molecule has 0 atom stereocenters. The molecule has 102 valence electrons. The molecule has 2 rings (SSSR count). The van der Waals surface area contributed by atoms with E-state index in [-0.39, 0.29) is 5.41 Å². The monoisotopic (exact) mass is 260 g/mol. The second-order valence-electron chi connectivity index (χ2n) is 5.85. The van der Waals surface area contributed by atoms with Crippen molar-refractivity contribution in [1.29, 1.82) is 0 Å². The molecule has 0 aliphatic heterocycles. The van der Waals surface area contributed by atoms with E-state index in [2.05, 4.69) is 31.8 Å². The minimum atomic E-state index is -0.905. The Morgan fingerprint density at radius 2 is 2.05 bits per heavy atom. The molecule has 1 aromatic heterocycles. The highest BCUT2D eigenvalue weighted by Crippen LogP contribution is 2.30. The van der Waals surface area contributed by atoms with E-state index < -0.39 is 5.97 Å². The molecule has 1 heterocycles. The van der Waals surface area contributed by atoms with Crippen molar-refractivity contribution in [2.75, 3.05) is 6.54 Å². The van der Waals surface area contributed by atoms with Crippen LogP contribution in [-0.2, 0) is 11.8 Å². The number of hydrogen-bond donors (Lipinski definition) is 3. The first-order valence-electron chi connectivity index (χ1n) is 6.42. The third kappa shape index (κ3) is 2.49. The highest BCUT2D eigenvalue weighted by molar-refractivity contribution is 6.03. The number of aromatic amines is 1. The molecule has 0 bridgehead atoms. The maximum absolute atomic E-state index is 11.4. The summed E-state index contributed by atoms with van der Waals surface area (Å²) in [6.07, 6.45) is 2.60. The van der Waals surface area contributed by atoms with Gasteiger partial charge in [0.05, 0.1) is 11.1 Å². The van der Waals surface area contributed by atoms with Gasteiger partial charge in [0.1, 0.15) is 0 Å². The summed E-state index contributed by atoms with van der Waals surface area (Å²) in [5, 5.41) is 10.3. The minimum Gasteiger partial charge on any atom is -0.478 e. The smallest absolute Gasteiger partial charge is 0.337 e. The molecule has 0 aliphatic rings. The average Bonchev–Trinajstić information content (AvgIpc) is 2.70. The normalized spacial score (nSPS) is 12.0. The number of nitrogens with one attached hydrogen (secondary N) is 1. The average molecular weight is 260 g/mol. The third-order valence-electron chi connectivity index (χ3n) is 3.39. The molecule has 0 aliphatic carbocycles. The number of carbonyl (C=O) groups is 1. The first-order valence-corrected chi connectivity index (χ1v) is 6.42. The SMILES string of the molecule is CC(C)(C)c1cc(C(=O)O)c2[nH]cc(CCN)c2c1. The Labute approximate surface area is 112 Å². The van der Waals surface area contributed by atoms with Gasteiger partial charge in [0.15, 0.2) is 0 Å². The Morgan fingerprint density at radius 1 is 1.37 bits per heavy atom. The minimum absolute atomic E-state index is 0.0877. The second kappa shape index (κ2) is 4.70. The molecule has 1 aromatic carbocycles. The van der Waals surface area contributed by atoms with Gasteiger partial charge in [0.2, 0.25) is 0 Å². The van der Waals surface area contributed by atoms with Crippen molar-refractivity contribution in [2.24, 2.45) is 5.73 Å². The zero-order valence-electron chi connectivity index (χ0n) is 11.6. The molecule has 0 spiro atoms. The number of H-pyrrole nitrogens is 1. The number of benzene rings is 1. The molecule has 2 aromatic rings. The Morgan fingerprint density at radius 3 is 2.58 bits per heavy atom. The van der Waals surface area contributed by atoms with Gasteiger partial charge >= 0.3 is 5.97 Å². The van der Waals surface area contributed by atoms with E-state index >= 15 is 0 Å². The lowest BCUT2D eigenvalue weighted by atomic mass is 9.85. The van der Waals surface area contributed by atoms with Crippen molar-refractivity contribution < 1.29 is 9.90 Å². The van der Waals surface area contributed by atoms with Crippen LogP contribution >= 0.6 is 0 Å². The summed E-state index contributed by atoms with van der Waals surface area (Å²) in [5.41, 5.74) is 8.62. The second-order valence-corrected chi connectivity index (χ2v) is 5.85. The summed E-state index contributed by atoms with van der Waals surface area (Å²) in [4.78, 5) is 14.5. The predicted octanol–water partition coefficient (Wildman–Crippen LogP) is 2.66. The first kappa shape index (κ1) is 13.6. The van der Waals surface area contributed by atoms with Gasteiger partial charge < -0.3 is 15.8 Å². The van der Waals surface area contributed by atoms with Crippen LogP contribution in [-0.4, -0.2) is 22.6 Å². The van der Waals surface area contributed by atoms with E-state index in [4.69, 9.17) is 5.73 Å². The number of nitrogens with two attached hydrogens (primary N) is 1. The van der Waals surface area contributed by atoms with E-state index in [0.29, 0.717) is 17.6 Å². The lowest BCUT2D eigenvalue weighted by molar-refractivity contribution is 0.0698. The summed E-state index contributed by atoms with van der Waals surface area (Å²) < 4.78 is 0. The molecule has 0 fully saturated rings. The fourth-order valence-corrected chi connectivity index (χ4v) is 2.25. The van der Waals surface area contributed by atoms with E-state index in [9.17, 15) is 9.90 Å². The molecule has 0 unspecified atom stereocenters. The maximum Gasteiger partial charge on any atom is 0.337 e. The van der Waals surface area contributed by atoms with E-state index in [0.717, 1.165) is 22.9 Å². The molecule has 4 nitrogen and oxygen atoms in total. The molecular weight excluding hydrogens is 240 g/mol. The Hall–Kier alpha value is -1.81. The van der Waals surface area contributed by atoms with Crippen molar-refractivity contribution in [3.05, 3.63) is 35.0 Å². The van der Waals surface area contributed by atoms with Crippen molar-refractivity contribution >= 4 is 16.9 Å². The topological polar surface area (TPSA) is 79.1 Å². The van der Waals surface area contributed by atoms with Gasteiger partial charge in [-0.15, -0.1) is 0 Å². The van der Waals surface area contributed by atoms with Crippen molar-refractivity contribution in [1.82, 2.24) is 4.98 Å². The molecule has 0 radical (unpaired) electrons. The van der Waals surface area contributed by atoms with Crippen LogP contribution in [0.4, 0.5) is 0 Å². The fraction of sp³-hybridized carbons (Fsp3) is 0.400. The standard InChI is InChI=1S/C15H20N2O2/c1-15(2,3)10-6-11-9(4-5-16)8-17-13(11)12(7-10)14(18)19/h6-8,17H,4-5,16H2,1-3H3,(H,18,19). The van der Waals surface area contributed by atoms with Gasteiger partial charge in [-0.25, -0.2) is 4.79 Å². The zero-order valence-corrected chi connectivity index (χ0v) is 11.6. The number of carboxylic acids is 1. The van der Waals surface area contributed by atoms with Crippen LogP contribution in [0.15, 0.2) is 18.3 Å². The summed E-state index contributed by atoms with van der Waals surface area (Å²) >= 11 is 0. The lowest BCUT2D eigenvalue weighted by Gasteiger charge is -2.20. The van der Waals surface area contributed by atoms with Gasteiger partial charge in [-0.05, 0) is 41.6 Å². The van der Waals surface area contributed by atoms with Gasteiger partial charge in [-0.2, -0.15) is 0 Å². The van der Waals surface area contributed by atoms with Crippen LogP contribution in [0.2, 0.25) is 0 Å². The number of rotatable bonds is 3. The molecule has 19 heavy (non-hydrogen) atoms. The van der Waals surface area contributed by atoms with Crippen molar-refractivity contribution in [3.8, 4) is 0 Å². The van der Waals surface area contributed by atoms with E-state index in [1.54, 1.807) is 6.07 Å². The van der Waals surface area contributed by atoms with Crippen molar-refractivity contribution in [2.45, 2.75) is 32.6 Å². The fourth-order valence-electron chi connectivity index (χ4n) is 2.25. The Bertz CT molecular complexity index is 621. The van der Waals surface area contributed by atoms with Crippen molar-refractivity contribution in [3.63, 3.8) is 0 Å². The number of aromatic carboxylic acids is 1. The maximum atomic E-state index is 11.4. The van der Waals surface area contributed by atoms with Crippen LogP contribution < -0.4 is 5.73 Å². The Balaban J connectivity index is 2.75. The quantitative estimate of drug-likeness (QED) is 0.793. The largest absolute Gasteiger partial charge is 0.478 e. The van der Waals surface area contributed by atoms with Crippen LogP contribution in [0.25, 0.3) is 10.9 Å². The van der Waals surface area contributed by atoms with Crippen LogP contribution in [0.5, 0.6) is 0 Å². The number of hydrogen-bond acceptors (Lipinski definition) is 2. The summed E-state index contributed by atoms with van der Waals surface area (Å²) in [6, 6.07) is 3.83.